The number of nitrogens with zero attached hydrogens (tertiary/aromatic N) is 2. The number of aromatic nitrogens is 1. The summed E-state index contributed by atoms with van der Waals surface area (Å²) in [6.07, 6.45) is 5.97. The van der Waals surface area contributed by atoms with Gasteiger partial charge in [-0.3, -0.25) is 0 Å². The number of hydrogen-bond donors (Lipinski definition) is 2. The van der Waals surface area contributed by atoms with E-state index in [4.69, 9.17) is 22.6 Å². The fourth-order valence-corrected chi connectivity index (χ4v) is 2.50. The first-order valence-corrected chi connectivity index (χ1v) is 6.11. The van der Waals surface area contributed by atoms with Crippen molar-refractivity contribution in [2.75, 3.05) is 11.9 Å². The van der Waals surface area contributed by atoms with Gasteiger partial charge in [-0.1, -0.05) is 24.4 Å². The smallest absolute Gasteiger partial charge is 0.146 e. The van der Waals surface area contributed by atoms with Crippen LogP contribution < -0.4 is 11.1 Å². The molecule has 90 valence electrons. The Morgan fingerprint density at radius 1 is 1.53 bits per heavy atom. The average Bonchev–Trinajstić information content (AvgIpc) is 2.81. The SMILES string of the molecule is N#Cc1ccnc(NC2(CN)CCCC2)c1Cl. The zero-order valence-electron chi connectivity index (χ0n) is 9.54. The highest BCUT2D eigenvalue weighted by atomic mass is 35.5. The van der Waals surface area contributed by atoms with Gasteiger partial charge in [0.15, 0.2) is 0 Å². The Hall–Kier alpha value is -1.31. The molecular formula is C12H15ClN4. The second kappa shape index (κ2) is 4.91. The predicted octanol–water partition coefficient (Wildman–Crippen LogP) is 2.29. The fraction of sp³-hybridized carbons (Fsp3) is 0.500. The zero-order valence-corrected chi connectivity index (χ0v) is 10.3. The lowest BCUT2D eigenvalue weighted by Gasteiger charge is -2.29. The Labute approximate surface area is 106 Å². The van der Waals surface area contributed by atoms with Gasteiger partial charge in [-0.25, -0.2) is 4.98 Å². The van der Waals surface area contributed by atoms with Gasteiger partial charge >= 0.3 is 0 Å². The summed E-state index contributed by atoms with van der Waals surface area (Å²) < 4.78 is 0. The molecule has 17 heavy (non-hydrogen) atoms. The molecule has 0 unspecified atom stereocenters. The van der Waals surface area contributed by atoms with Crippen molar-refractivity contribution in [2.24, 2.45) is 5.73 Å². The fourth-order valence-electron chi connectivity index (χ4n) is 2.30. The first kappa shape index (κ1) is 12.2. The lowest BCUT2D eigenvalue weighted by Crippen LogP contribution is -2.43. The summed E-state index contributed by atoms with van der Waals surface area (Å²) in [5.74, 6) is 0.568. The predicted molar refractivity (Wildman–Crippen MR) is 67.8 cm³/mol. The molecule has 0 amide bonds. The van der Waals surface area contributed by atoms with Gasteiger partial charge < -0.3 is 11.1 Å². The van der Waals surface area contributed by atoms with Gasteiger partial charge in [-0.15, -0.1) is 0 Å². The minimum absolute atomic E-state index is 0.106. The molecule has 0 aliphatic heterocycles. The van der Waals surface area contributed by atoms with Crippen LogP contribution in [0, 0.1) is 11.3 Å². The van der Waals surface area contributed by atoms with Crippen molar-refractivity contribution in [3.8, 4) is 6.07 Å². The van der Waals surface area contributed by atoms with E-state index < -0.39 is 0 Å². The van der Waals surface area contributed by atoms with Gasteiger partial charge in [0.1, 0.15) is 16.9 Å². The van der Waals surface area contributed by atoms with Crippen LogP contribution in [0.5, 0.6) is 0 Å². The highest BCUT2D eigenvalue weighted by Crippen LogP contribution is 2.34. The van der Waals surface area contributed by atoms with E-state index in [-0.39, 0.29) is 5.54 Å². The molecule has 1 fully saturated rings. The average molecular weight is 251 g/mol. The van der Waals surface area contributed by atoms with E-state index >= 15 is 0 Å². The number of halogens is 1. The molecule has 1 saturated carbocycles. The molecular weight excluding hydrogens is 236 g/mol. The van der Waals surface area contributed by atoms with Crippen molar-refractivity contribution in [2.45, 2.75) is 31.2 Å². The van der Waals surface area contributed by atoms with Gasteiger partial charge in [0.05, 0.1) is 11.1 Å². The maximum absolute atomic E-state index is 8.91. The minimum atomic E-state index is -0.106. The summed E-state index contributed by atoms with van der Waals surface area (Å²) in [5, 5.41) is 12.6. The van der Waals surface area contributed by atoms with Crippen LogP contribution in [0.25, 0.3) is 0 Å². The Balaban J connectivity index is 2.27. The Morgan fingerprint density at radius 2 is 2.24 bits per heavy atom. The van der Waals surface area contributed by atoms with Crippen LogP contribution in [0.4, 0.5) is 5.82 Å². The summed E-state index contributed by atoms with van der Waals surface area (Å²) in [5.41, 5.74) is 6.17. The van der Waals surface area contributed by atoms with Crippen LogP contribution in [0.3, 0.4) is 0 Å². The number of anilines is 1. The molecule has 1 heterocycles. The highest BCUT2D eigenvalue weighted by Gasteiger charge is 2.33. The lowest BCUT2D eigenvalue weighted by molar-refractivity contribution is 0.491. The van der Waals surface area contributed by atoms with E-state index in [1.54, 1.807) is 12.3 Å². The summed E-state index contributed by atoms with van der Waals surface area (Å²) >= 11 is 6.12. The first-order chi connectivity index (χ1) is 8.21. The van der Waals surface area contributed by atoms with E-state index in [9.17, 15) is 0 Å². The van der Waals surface area contributed by atoms with E-state index in [2.05, 4.69) is 10.3 Å². The molecule has 1 aliphatic carbocycles. The Kier molecular flexibility index (Phi) is 3.51. The third-order valence-corrected chi connectivity index (χ3v) is 3.73. The lowest BCUT2D eigenvalue weighted by atomic mass is 9.98. The molecule has 1 aromatic rings. The highest BCUT2D eigenvalue weighted by molar-refractivity contribution is 6.34. The second-order valence-corrected chi connectivity index (χ2v) is 4.83. The van der Waals surface area contributed by atoms with Crippen molar-refractivity contribution in [1.29, 1.82) is 5.26 Å². The van der Waals surface area contributed by atoms with Crippen LogP contribution in [0.2, 0.25) is 5.02 Å². The second-order valence-electron chi connectivity index (χ2n) is 4.45. The molecule has 0 spiro atoms. The molecule has 4 nitrogen and oxygen atoms in total. The first-order valence-electron chi connectivity index (χ1n) is 5.74. The summed E-state index contributed by atoms with van der Waals surface area (Å²) in [6.45, 7) is 0.557. The van der Waals surface area contributed by atoms with E-state index in [1.165, 1.54) is 12.8 Å². The molecule has 1 aliphatic rings. The van der Waals surface area contributed by atoms with Gasteiger partial charge in [0.25, 0.3) is 0 Å². The quantitative estimate of drug-likeness (QED) is 0.863. The molecule has 1 aromatic heterocycles. The third kappa shape index (κ3) is 2.36. The van der Waals surface area contributed by atoms with Crippen LogP contribution in [0.1, 0.15) is 31.2 Å². The van der Waals surface area contributed by atoms with Crippen molar-refractivity contribution in [3.63, 3.8) is 0 Å². The molecule has 3 N–H and O–H groups in total. The molecule has 2 rings (SSSR count). The van der Waals surface area contributed by atoms with Gasteiger partial charge in [-0.2, -0.15) is 5.26 Å². The van der Waals surface area contributed by atoms with Crippen LogP contribution >= 0.6 is 11.6 Å². The number of nitrogens with one attached hydrogen (secondary N) is 1. The molecule has 0 atom stereocenters. The maximum atomic E-state index is 8.91. The molecule has 0 radical (unpaired) electrons. The number of rotatable bonds is 3. The Morgan fingerprint density at radius 3 is 2.82 bits per heavy atom. The van der Waals surface area contributed by atoms with Gasteiger partial charge in [0, 0.05) is 12.7 Å². The number of nitrogens with two attached hydrogens (primary N) is 1. The maximum Gasteiger partial charge on any atom is 0.146 e. The number of hydrogen-bond acceptors (Lipinski definition) is 4. The van der Waals surface area contributed by atoms with Crippen molar-refractivity contribution < 1.29 is 0 Å². The molecule has 0 bridgehead atoms. The standard InChI is InChI=1S/C12H15ClN4/c13-10-9(7-14)3-6-16-11(10)17-12(8-15)4-1-2-5-12/h3,6H,1-2,4-5,8,15H2,(H,16,17). The van der Waals surface area contributed by atoms with Crippen LogP contribution in [0.15, 0.2) is 12.3 Å². The van der Waals surface area contributed by atoms with E-state index in [1.807, 2.05) is 6.07 Å². The normalized spacial score (nSPS) is 17.7. The topological polar surface area (TPSA) is 74.7 Å². The van der Waals surface area contributed by atoms with E-state index in [0.29, 0.717) is 22.9 Å². The molecule has 5 heteroatoms. The minimum Gasteiger partial charge on any atom is -0.362 e. The molecule has 0 saturated heterocycles. The van der Waals surface area contributed by atoms with Crippen molar-refractivity contribution in [1.82, 2.24) is 4.98 Å². The zero-order chi connectivity index (χ0) is 12.3. The van der Waals surface area contributed by atoms with E-state index in [0.717, 1.165) is 12.8 Å². The summed E-state index contributed by atoms with van der Waals surface area (Å²) in [7, 11) is 0. The third-order valence-electron chi connectivity index (χ3n) is 3.34. The van der Waals surface area contributed by atoms with Crippen molar-refractivity contribution in [3.05, 3.63) is 22.8 Å². The monoisotopic (exact) mass is 250 g/mol. The van der Waals surface area contributed by atoms with Crippen LogP contribution in [-0.4, -0.2) is 17.1 Å². The van der Waals surface area contributed by atoms with Gasteiger partial charge in [-0.05, 0) is 18.9 Å². The molecule has 0 aromatic carbocycles. The summed E-state index contributed by atoms with van der Waals surface area (Å²) in [4.78, 5) is 4.19. The van der Waals surface area contributed by atoms with Crippen LogP contribution in [-0.2, 0) is 0 Å². The van der Waals surface area contributed by atoms with Gasteiger partial charge in [0.2, 0.25) is 0 Å². The Bertz CT molecular complexity index is 446. The van der Waals surface area contributed by atoms with Crippen molar-refractivity contribution >= 4 is 17.4 Å². The summed E-state index contributed by atoms with van der Waals surface area (Å²) in [6, 6.07) is 3.66. The largest absolute Gasteiger partial charge is 0.362 e. The number of nitriles is 1. The number of pyridine rings is 1.